The Bertz CT molecular complexity index is 671. The molecule has 0 aromatic heterocycles. The highest BCUT2D eigenvalue weighted by atomic mass is 16.6. The van der Waals surface area contributed by atoms with Gasteiger partial charge in [0.1, 0.15) is 5.75 Å². The molecule has 1 aromatic carbocycles. The van der Waals surface area contributed by atoms with Crippen LogP contribution in [-0.4, -0.2) is 38.3 Å². The Morgan fingerprint density at radius 3 is 2.45 bits per heavy atom. The highest BCUT2D eigenvalue weighted by Gasteiger charge is 2.18. The molecular formula is C25H38N2O2. The number of hydrogen-bond acceptors (Lipinski definition) is 4. The first kappa shape index (κ1) is 21.9. The van der Waals surface area contributed by atoms with E-state index in [4.69, 9.17) is 9.57 Å². The van der Waals surface area contributed by atoms with Crippen LogP contribution in [0.3, 0.4) is 0 Å². The predicted molar refractivity (Wildman–Crippen MR) is 121 cm³/mol. The SMILES string of the molecule is CCCC1=C(NOCCN2CCCCCC2)C(=Cc2ccc(OC)cc2)CCC1. The van der Waals surface area contributed by atoms with Crippen LogP contribution in [0.1, 0.15) is 70.3 Å². The van der Waals surface area contributed by atoms with Gasteiger partial charge in [0.15, 0.2) is 0 Å². The van der Waals surface area contributed by atoms with Gasteiger partial charge >= 0.3 is 0 Å². The van der Waals surface area contributed by atoms with Crippen LogP contribution in [0.2, 0.25) is 0 Å². The number of allylic oxidation sites excluding steroid dienone is 2. The number of nitrogens with one attached hydrogen (secondary N) is 1. The summed E-state index contributed by atoms with van der Waals surface area (Å²) in [4.78, 5) is 8.53. The zero-order chi connectivity index (χ0) is 20.3. The smallest absolute Gasteiger partial charge is 0.118 e. The lowest BCUT2D eigenvalue weighted by molar-refractivity contribution is 0.0451. The van der Waals surface area contributed by atoms with Gasteiger partial charge in [0, 0.05) is 6.54 Å². The minimum atomic E-state index is 0.735. The molecule has 0 saturated carbocycles. The van der Waals surface area contributed by atoms with E-state index in [0.717, 1.165) is 31.7 Å². The fourth-order valence-corrected chi connectivity index (χ4v) is 4.36. The molecule has 1 aliphatic heterocycles. The number of ether oxygens (including phenoxy) is 1. The third-order valence-corrected chi connectivity index (χ3v) is 5.99. The molecule has 0 unspecified atom stereocenters. The number of methoxy groups -OCH3 is 1. The van der Waals surface area contributed by atoms with Crippen molar-refractivity contribution in [1.29, 1.82) is 0 Å². The molecule has 1 aliphatic carbocycles. The van der Waals surface area contributed by atoms with Crippen LogP contribution in [0.15, 0.2) is 41.1 Å². The first-order chi connectivity index (χ1) is 14.3. The summed E-state index contributed by atoms with van der Waals surface area (Å²) in [7, 11) is 1.71. The summed E-state index contributed by atoms with van der Waals surface area (Å²) in [5.41, 5.74) is 8.67. The fraction of sp³-hybridized carbons (Fsp3) is 0.600. The lowest BCUT2D eigenvalue weighted by Crippen LogP contribution is -2.31. The average molecular weight is 399 g/mol. The van der Waals surface area contributed by atoms with Gasteiger partial charge in [-0.05, 0) is 86.5 Å². The molecule has 0 atom stereocenters. The highest BCUT2D eigenvalue weighted by Crippen LogP contribution is 2.32. The van der Waals surface area contributed by atoms with Crippen molar-refractivity contribution in [2.24, 2.45) is 0 Å². The molecule has 4 nitrogen and oxygen atoms in total. The zero-order valence-electron chi connectivity index (χ0n) is 18.3. The van der Waals surface area contributed by atoms with Gasteiger partial charge in [0.2, 0.25) is 0 Å². The second-order valence-electron chi connectivity index (χ2n) is 8.23. The topological polar surface area (TPSA) is 33.7 Å². The average Bonchev–Trinajstić information content (AvgIpc) is 3.02. The number of hydroxylamine groups is 1. The van der Waals surface area contributed by atoms with Gasteiger partial charge in [-0.2, -0.15) is 0 Å². The maximum Gasteiger partial charge on any atom is 0.118 e. The molecule has 2 aliphatic rings. The van der Waals surface area contributed by atoms with Gasteiger partial charge in [-0.1, -0.05) is 38.3 Å². The summed E-state index contributed by atoms with van der Waals surface area (Å²) in [6.07, 6.45) is 13.5. The van der Waals surface area contributed by atoms with Crippen LogP contribution >= 0.6 is 0 Å². The van der Waals surface area contributed by atoms with E-state index in [1.165, 1.54) is 80.4 Å². The Morgan fingerprint density at radius 1 is 1.00 bits per heavy atom. The normalized spacial score (nSPS) is 20.0. The summed E-state index contributed by atoms with van der Waals surface area (Å²) < 4.78 is 5.29. The Hall–Kier alpha value is -1.78. The number of likely N-dealkylation sites (tertiary alicyclic amines) is 1. The van der Waals surface area contributed by atoms with Crippen molar-refractivity contribution < 1.29 is 9.57 Å². The lowest BCUT2D eigenvalue weighted by Gasteiger charge is -2.25. The summed E-state index contributed by atoms with van der Waals surface area (Å²) in [5, 5.41) is 0. The Balaban J connectivity index is 1.63. The van der Waals surface area contributed by atoms with E-state index in [2.05, 4.69) is 35.5 Å². The Morgan fingerprint density at radius 2 is 1.76 bits per heavy atom. The summed E-state index contributed by atoms with van der Waals surface area (Å²) in [6.45, 7) is 6.44. The van der Waals surface area contributed by atoms with Crippen LogP contribution < -0.4 is 10.2 Å². The van der Waals surface area contributed by atoms with E-state index in [0.29, 0.717) is 0 Å². The number of hydrogen-bond donors (Lipinski definition) is 1. The van der Waals surface area contributed by atoms with Crippen LogP contribution in [-0.2, 0) is 4.84 Å². The second kappa shape index (κ2) is 12.0. The largest absolute Gasteiger partial charge is 0.497 e. The molecule has 1 aromatic rings. The molecule has 0 spiro atoms. The van der Waals surface area contributed by atoms with Crippen molar-refractivity contribution in [2.45, 2.75) is 64.7 Å². The molecule has 4 heteroatoms. The van der Waals surface area contributed by atoms with Crippen molar-refractivity contribution in [3.05, 3.63) is 46.7 Å². The highest BCUT2D eigenvalue weighted by molar-refractivity contribution is 5.60. The molecule has 1 saturated heterocycles. The van der Waals surface area contributed by atoms with Gasteiger partial charge < -0.3 is 9.64 Å². The van der Waals surface area contributed by atoms with Crippen molar-refractivity contribution in [2.75, 3.05) is 33.4 Å². The van der Waals surface area contributed by atoms with Crippen molar-refractivity contribution in [3.8, 4) is 5.75 Å². The van der Waals surface area contributed by atoms with E-state index < -0.39 is 0 Å². The maximum absolute atomic E-state index is 5.99. The molecule has 3 rings (SSSR count). The first-order valence-corrected chi connectivity index (χ1v) is 11.5. The standard InChI is InChI=1S/C25H38N2O2/c1-3-9-22-10-8-11-23(20-21-12-14-24(28-2)15-13-21)25(22)26-29-19-18-27-16-6-4-5-7-17-27/h12-15,20,26H,3-11,16-19H2,1-2H3. The molecule has 0 radical (unpaired) electrons. The van der Waals surface area contributed by atoms with E-state index in [1.807, 2.05) is 12.1 Å². The van der Waals surface area contributed by atoms with E-state index in [1.54, 1.807) is 7.11 Å². The fourth-order valence-electron chi connectivity index (χ4n) is 4.36. The van der Waals surface area contributed by atoms with Gasteiger partial charge in [0.25, 0.3) is 0 Å². The molecule has 0 amide bonds. The van der Waals surface area contributed by atoms with Gasteiger partial charge in [0.05, 0.1) is 19.4 Å². The molecular weight excluding hydrogens is 360 g/mol. The quantitative estimate of drug-likeness (QED) is 0.426. The molecule has 29 heavy (non-hydrogen) atoms. The third kappa shape index (κ3) is 6.90. The summed E-state index contributed by atoms with van der Waals surface area (Å²) in [6, 6.07) is 8.29. The maximum atomic E-state index is 5.99. The Kier molecular flexibility index (Phi) is 9.10. The minimum absolute atomic E-state index is 0.735. The van der Waals surface area contributed by atoms with E-state index >= 15 is 0 Å². The number of benzene rings is 1. The molecule has 1 fully saturated rings. The Labute approximate surface area is 176 Å². The summed E-state index contributed by atoms with van der Waals surface area (Å²) in [5.74, 6) is 0.896. The molecule has 1 N–H and O–H groups in total. The predicted octanol–water partition coefficient (Wildman–Crippen LogP) is 5.71. The van der Waals surface area contributed by atoms with Crippen molar-refractivity contribution >= 4 is 6.08 Å². The van der Waals surface area contributed by atoms with Gasteiger partial charge in [-0.25, -0.2) is 0 Å². The molecule has 1 heterocycles. The van der Waals surface area contributed by atoms with Crippen molar-refractivity contribution in [3.63, 3.8) is 0 Å². The van der Waals surface area contributed by atoms with Crippen LogP contribution in [0.5, 0.6) is 5.75 Å². The number of rotatable bonds is 9. The van der Waals surface area contributed by atoms with Crippen molar-refractivity contribution in [1.82, 2.24) is 10.4 Å². The van der Waals surface area contributed by atoms with E-state index in [9.17, 15) is 0 Å². The van der Waals surface area contributed by atoms with Gasteiger partial charge in [-0.15, -0.1) is 0 Å². The second-order valence-corrected chi connectivity index (χ2v) is 8.23. The monoisotopic (exact) mass is 398 g/mol. The molecule has 0 bridgehead atoms. The van der Waals surface area contributed by atoms with Gasteiger partial charge in [-0.3, -0.25) is 10.3 Å². The summed E-state index contributed by atoms with van der Waals surface area (Å²) >= 11 is 0. The number of nitrogens with zero attached hydrogens (tertiary/aromatic N) is 1. The zero-order valence-corrected chi connectivity index (χ0v) is 18.3. The lowest BCUT2D eigenvalue weighted by atomic mass is 9.88. The van der Waals surface area contributed by atoms with Crippen LogP contribution in [0, 0.1) is 0 Å². The minimum Gasteiger partial charge on any atom is -0.497 e. The third-order valence-electron chi connectivity index (χ3n) is 5.99. The van der Waals surface area contributed by atoms with E-state index in [-0.39, 0.29) is 0 Å². The van der Waals surface area contributed by atoms with Crippen LogP contribution in [0.25, 0.3) is 6.08 Å². The van der Waals surface area contributed by atoms with Crippen LogP contribution in [0.4, 0.5) is 0 Å². The first-order valence-electron chi connectivity index (χ1n) is 11.5. The molecule has 160 valence electrons.